The molecule has 1 rings (SSSR count). The molecular formula is C19H34FNO. The summed E-state index contributed by atoms with van der Waals surface area (Å²) in [5.74, 6) is 0.497. The number of hydrogen-bond acceptors (Lipinski definition) is 1. The molecular weight excluding hydrogens is 277 g/mol. The van der Waals surface area contributed by atoms with E-state index in [9.17, 15) is 4.39 Å². The number of nitrogens with zero attached hydrogens (tertiary/aromatic N) is 1. The molecule has 1 unspecified atom stereocenters. The lowest BCUT2D eigenvalue weighted by Gasteiger charge is -2.31. The Morgan fingerprint density at radius 2 is 1.59 bits per heavy atom. The van der Waals surface area contributed by atoms with Crippen LogP contribution >= 0.6 is 0 Å². The molecule has 3 heteroatoms. The van der Waals surface area contributed by atoms with E-state index in [4.69, 9.17) is 4.74 Å². The van der Waals surface area contributed by atoms with Crippen LogP contribution in [0.15, 0.2) is 6.07 Å². The van der Waals surface area contributed by atoms with Crippen molar-refractivity contribution < 1.29 is 9.13 Å². The SMILES string of the molecule is CCCCCCC(C)(CCCCC)c1c(OC)cc(F)n1C. The Morgan fingerprint density at radius 1 is 1.05 bits per heavy atom. The van der Waals surface area contributed by atoms with Gasteiger partial charge in [0.15, 0.2) is 5.95 Å². The van der Waals surface area contributed by atoms with Crippen LogP contribution in [0, 0.1) is 5.95 Å². The summed E-state index contributed by atoms with van der Waals surface area (Å²) in [5, 5.41) is 0. The van der Waals surface area contributed by atoms with Gasteiger partial charge in [0.05, 0.1) is 12.8 Å². The van der Waals surface area contributed by atoms with Crippen molar-refractivity contribution >= 4 is 0 Å². The number of methoxy groups -OCH3 is 1. The molecule has 0 spiro atoms. The molecule has 1 aromatic rings. The van der Waals surface area contributed by atoms with Crippen LogP contribution in [0.3, 0.4) is 0 Å². The zero-order valence-electron chi connectivity index (χ0n) is 15.2. The van der Waals surface area contributed by atoms with Crippen molar-refractivity contribution in [3.8, 4) is 5.75 Å². The molecule has 1 atom stereocenters. The summed E-state index contributed by atoms with van der Waals surface area (Å²) in [6.07, 6.45) is 10.8. The smallest absolute Gasteiger partial charge is 0.197 e. The van der Waals surface area contributed by atoms with E-state index in [2.05, 4.69) is 20.8 Å². The van der Waals surface area contributed by atoms with E-state index in [1.54, 1.807) is 11.7 Å². The molecule has 0 fully saturated rings. The monoisotopic (exact) mass is 311 g/mol. The zero-order valence-corrected chi connectivity index (χ0v) is 15.2. The third kappa shape index (κ3) is 4.76. The number of unbranched alkanes of at least 4 members (excludes halogenated alkanes) is 5. The van der Waals surface area contributed by atoms with Crippen LogP contribution in [-0.2, 0) is 12.5 Å². The molecule has 128 valence electrons. The second-order valence-electron chi connectivity index (χ2n) is 6.77. The Balaban J connectivity index is 2.97. The van der Waals surface area contributed by atoms with E-state index in [1.807, 2.05) is 7.05 Å². The van der Waals surface area contributed by atoms with Gasteiger partial charge in [-0.1, -0.05) is 65.7 Å². The summed E-state index contributed by atoms with van der Waals surface area (Å²) in [6, 6.07) is 1.53. The number of rotatable bonds is 11. The molecule has 0 saturated heterocycles. The fraction of sp³-hybridized carbons (Fsp3) is 0.789. The van der Waals surface area contributed by atoms with E-state index in [0.29, 0.717) is 5.75 Å². The Morgan fingerprint density at radius 3 is 2.14 bits per heavy atom. The predicted octanol–water partition coefficient (Wildman–Crippen LogP) is 5.98. The van der Waals surface area contributed by atoms with E-state index >= 15 is 0 Å². The molecule has 0 aliphatic heterocycles. The van der Waals surface area contributed by atoms with Crippen molar-refractivity contribution in [2.75, 3.05) is 7.11 Å². The van der Waals surface area contributed by atoms with Crippen LogP contribution in [0.25, 0.3) is 0 Å². The lowest BCUT2D eigenvalue weighted by molar-refractivity contribution is 0.321. The maximum absolute atomic E-state index is 14.0. The Hall–Kier alpha value is -0.990. The van der Waals surface area contributed by atoms with Gasteiger partial charge in [0, 0.05) is 18.5 Å². The van der Waals surface area contributed by atoms with Crippen LogP contribution in [0.2, 0.25) is 0 Å². The average molecular weight is 311 g/mol. The number of hydrogen-bond donors (Lipinski definition) is 0. The maximum atomic E-state index is 14.0. The van der Waals surface area contributed by atoms with Crippen molar-refractivity contribution in [3.63, 3.8) is 0 Å². The van der Waals surface area contributed by atoms with Crippen LogP contribution < -0.4 is 4.74 Å². The highest BCUT2D eigenvalue weighted by atomic mass is 19.1. The summed E-state index contributed by atoms with van der Waals surface area (Å²) in [5.41, 5.74) is 1.02. The van der Waals surface area contributed by atoms with Gasteiger partial charge in [-0.25, -0.2) is 0 Å². The normalized spacial score (nSPS) is 14.1. The Kier molecular flexibility index (Phi) is 7.98. The van der Waals surface area contributed by atoms with E-state index in [-0.39, 0.29) is 11.4 Å². The van der Waals surface area contributed by atoms with Gasteiger partial charge < -0.3 is 9.30 Å². The molecule has 2 nitrogen and oxygen atoms in total. The molecule has 0 aliphatic rings. The molecule has 0 saturated carbocycles. The highest BCUT2D eigenvalue weighted by molar-refractivity contribution is 5.36. The lowest BCUT2D eigenvalue weighted by atomic mass is 9.76. The molecule has 0 aliphatic carbocycles. The second kappa shape index (κ2) is 9.22. The summed E-state index contributed by atoms with van der Waals surface area (Å²) in [4.78, 5) is 0. The fourth-order valence-corrected chi connectivity index (χ4v) is 3.47. The highest BCUT2D eigenvalue weighted by Gasteiger charge is 2.33. The molecule has 1 heterocycles. The van der Waals surface area contributed by atoms with Gasteiger partial charge in [-0.3, -0.25) is 0 Å². The minimum atomic E-state index is -0.206. The third-order valence-corrected chi connectivity index (χ3v) is 4.85. The Labute approximate surface area is 136 Å². The van der Waals surface area contributed by atoms with Crippen molar-refractivity contribution in [3.05, 3.63) is 17.7 Å². The summed E-state index contributed by atoms with van der Waals surface area (Å²) in [6.45, 7) is 6.74. The average Bonchev–Trinajstić information content (AvgIpc) is 2.80. The lowest BCUT2D eigenvalue weighted by Crippen LogP contribution is -2.26. The first-order valence-corrected chi connectivity index (χ1v) is 8.89. The van der Waals surface area contributed by atoms with Crippen LogP contribution in [-0.4, -0.2) is 11.7 Å². The first kappa shape index (κ1) is 19.1. The van der Waals surface area contributed by atoms with Crippen molar-refractivity contribution in [2.45, 2.75) is 84.0 Å². The molecule has 0 aromatic carbocycles. The van der Waals surface area contributed by atoms with Crippen LogP contribution in [0.1, 0.15) is 84.3 Å². The summed E-state index contributed by atoms with van der Waals surface area (Å²) in [7, 11) is 3.46. The van der Waals surface area contributed by atoms with Crippen molar-refractivity contribution in [2.24, 2.45) is 7.05 Å². The minimum absolute atomic E-state index is 0.00660. The van der Waals surface area contributed by atoms with E-state index in [0.717, 1.165) is 18.5 Å². The predicted molar refractivity (Wildman–Crippen MR) is 92.2 cm³/mol. The van der Waals surface area contributed by atoms with Gasteiger partial charge >= 0.3 is 0 Å². The molecule has 0 amide bonds. The van der Waals surface area contributed by atoms with E-state index < -0.39 is 0 Å². The number of aromatic nitrogens is 1. The first-order chi connectivity index (χ1) is 10.5. The van der Waals surface area contributed by atoms with Gasteiger partial charge in [-0.05, 0) is 12.8 Å². The topological polar surface area (TPSA) is 14.2 Å². The molecule has 1 aromatic heterocycles. The van der Waals surface area contributed by atoms with Crippen molar-refractivity contribution in [1.29, 1.82) is 0 Å². The van der Waals surface area contributed by atoms with Gasteiger partial charge in [-0.2, -0.15) is 4.39 Å². The highest BCUT2D eigenvalue weighted by Crippen LogP contribution is 2.41. The summed E-state index contributed by atoms with van der Waals surface area (Å²) < 4.78 is 21.2. The quantitative estimate of drug-likeness (QED) is 0.458. The van der Waals surface area contributed by atoms with Crippen LogP contribution in [0.4, 0.5) is 4.39 Å². The zero-order chi connectivity index (χ0) is 16.6. The number of halogens is 1. The molecule has 0 radical (unpaired) electrons. The van der Waals surface area contributed by atoms with Gasteiger partial charge in [0.2, 0.25) is 0 Å². The van der Waals surface area contributed by atoms with Gasteiger partial charge in [-0.15, -0.1) is 0 Å². The van der Waals surface area contributed by atoms with Gasteiger partial charge in [0.1, 0.15) is 5.75 Å². The van der Waals surface area contributed by atoms with E-state index in [1.165, 1.54) is 51.0 Å². The van der Waals surface area contributed by atoms with Crippen molar-refractivity contribution in [1.82, 2.24) is 4.57 Å². The largest absolute Gasteiger partial charge is 0.495 e. The third-order valence-electron chi connectivity index (χ3n) is 4.85. The van der Waals surface area contributed by atoms with Gasteiger partial charge in [0.25, 0.3) is 0 Å². The minimum Gasteiger partial charge on any atom is -0.495 e. The number of ether oxygens (including phenoxy) is 1. The first-order valence-electron chi connectivity index (χ1n) is 8.89. The molecule has 0 N–H and O–H groups in total. The Bertz CT molecular complexity index is 441. The summed E-state index contributed by atoms with van der Waals surface area (Å²) >= 11 is 0. The standard InChI is InChI=1S/C19H34FNO/c1-6-8-10-12-14-19(3,13-11-9-7-2)18-16(22-5)15-17(20)21(18)4/h15H,6-14H2,1-5H3. The molecule has 22 heavy (non-hydrogen) atoms. The second-order valence-corrected chi connectivity index (χ2v) is 6.77. The van der Waals surface area contributed by atoms with Crippen LogP contribution in [0.5, 0.6) is 5.75 Å². The fourth-order valence-electron chi connectivity index (χ4n) is 3.47. The maximum Gasteiger partial charge on any atom is 0.197 e. The molecule has 0 bridgehead atoms.